The van der Waals surface area contributed by atoms with E-state index >= 15 is 0 Å². The van der Waals surface area contributed by atoms with Gasteiger partial charge in [-0.1, -0.05) is 36.4 Å². The molecule has 3 aromatic rings. The monoisotopic (exact) mass is 381 g/mol. The highest BCUT2D eigenvalue weighted by molar-refractivity contribution is 7.99. The zero-order valence-corrected chi connectivity index (χ0v) is 16.0. The maximum Gasteiger partial charge on any atom is 0.232 e. The smallest absolute Gasteiger partial charge is 0.232 e. The standard InChI is InChI=1S/C20H23N5OS/c1-15(27-14-8-13-26-17-11-6-3-7-12-17)18-23-19(21)25-20(24-18)22-16-9-4-2-5-10-16/h2-7,9-12,15H,8,13-14H2,1H3,(H3,21,22,23,24,25)/t15-/m1/s1. The third kappa shape index (κ3) is 6.14. The lowest BCUT2D eigenvalue weighted by molar-refractivity contribution is 0.318. The number of nitrogen functional groups attached to an aromatic ring is 1. The van der Waals surface area contributed by atoms with Gasteiger partial charge in [-0.25, -0.2) is 0 Å². The minimum atomic E-state index is 0.114. The predicted octanol–water partition coefficient (Wildman–Crippen LogP) is 4.46. The van der Waals surface area contributed by atoms with Gasteiger partial charge in [0.05, 0.1) is 11.9 Å². The summed E-state index contributed by atoms with van der Waals surface area (Å²) in [6.07, 6.45) is 0.944. The number of aromatic nitrogens is 3. The van der Waals surface area contributed by atoms with Gasteiger partial charge in [0.15, 0.2) is 0 Å². The van der Waals surface area contributed by atoms with Crippen molar-refractivity contribution in [2.24, 2.45) is 0 Å². The van der Waals surface area contributed by atoms with Crippen LogP contribution in [0.25, 0.3) is 0 Å². The number of hydrogen-bond acceptors (Lipinski definition) is 7. The van der Waals surface area contributed by atoms with Crippen molar-refractivity contribution in [2.45, 2.75) is 18.6 Å². The molecule has 140 valence electrons. The second-order valence-electron chi connectivity index (χ2n) is 5.89. The van der Waals surface area contributed by atoms with Crippen LogP contribution in [-0.2, 0) is 0 Å². The van der Waals surface area contributed by atoms with E-state index in [0.29, 0.717) is 18.4 Å². The molecule has 3 N–H and O–H groups in total. The Morgan fingerprint density at radius 1 is 1.00 bits per heavy atom. The van der Waals surface area contributed by atoms with Crippen molar-refractivity contribution in [3.05, 3.63) is 66.5 Å². The summed E-state index contributed by atoms with van der Waals surface area (Å²) in [5.41, 5.74) is 6.77. The number of rotatable bonds is 9. The maximum absolute atomic E-state index is 5.86. The average molecular weight is 382 g/mol. The molecule has 0 aliphatic heterocycles. The van der Waals surface area contributed by atoms with Crippen molar-refractivity contribution in [1.29, 1.82) is 0 Å². The summed E-state index contributed by atoms with van der Waals surface area (Å²) in [6.45, 7) is 2.76. The molecule has 27 heavy (non-hydrogen) atoms. The highest BCUT2D eigenvalue weighted by Crippen LogP contribution is 2.27. The van der Waals surface area contributed by atoms with E-state index in [-0.39, 0.29) is 11.2 Å². The Balaban J connectivity index is 1.49. The van der Waals surface area contributed by atoms with Crippen molar-refractivity contribution >= 4 is 29.3 Å². The third-order valence-electron chi connectivity index (χ3n) is 3.73. The third-order valence-corrected chi connectivity index (χ3v) is 4.97. The van der Waals surface area contributed by atoms with Gasteiger partial charge < -0.3 is 15.8 Å². The second-order valence-corrected chi connectivity index (χ2v) is 7.34. The van der Waals surface area contributed by atoms with Crippen LogP contribution in [0.15, 0.2) is 60.7 Å². The number of nitrogens with zero attached hydrogens (tertiary/aromatic N) is 3. The van der Waals surface area contributed by atoms with Gasteiger partial charge >= 0.3 is 0 Å². The van der Waals surface area contributed by atoms with Gasteiger partial charge in [0.2, 0.25) is 11.9 Å². The van der Waals surface area contributed by atoms with Crippen LogP contribution in [-0.4, -0.2) is 27.3 Å². The molecule has 3 rings (SSSR count). The van der Waals surface area contributed by atoms with E-state index in [1.165, 1.54) is 0 Å². The van der Waals surface area contributed by atoms with Gasteiger partial charge in [0.25, 0.3) is 0 Å². The lowest BCUT2D eigenvalue weighted by Crippen LogP contribution is -2.08. The number of hydrogen-bond donors (Lipinski definition) is 2. The van der Waals surface area contributed by atoms with E-state index in [1.807, 2.05) is 60.7 Å². The van der Waals surface area contributed by atoms with E-state index in [1.54, 1.807) is 11.8 Å². The Morgan fingerprint density at radius 3 is 2.44 bits per heavy atom. The summed E-state index contributed by atoms with van der Waals surface area (Å²) in [5, 5.41) is 3.28. The second kappa shape index (κ2) is 9.78. The van der Waals surface area contributed by atoms with Crippen LogP contribution in [0.2, 0.25) is 0 Å². The van der Waals surface area contributed by atoms with E-state index in [2.05, 4.69) is 27.2 Å². The molecule has 2 aromatic carbocycles. The first-order valence-electron chi connectivity index (χ1n) is 8.83. The SMILES string of the molecule is C[C@@H](SCCCOc1ccccc1)c1nc(N)nc(Nc2ccccc2)n1. The minimum Gasteiger partial charge on any atom is -0.494 e. The van der Waals surface area contributed by atoms with Gasteiger partial charge in [-0.3, -0.25) is 0 Å². The van der Waals surface area contributed by atoms with Crippen LogP contribution in [0, 0.1) is 0 Å². The summed E-state index contributed by atoms with van der Waals surface area (Å²) in [5.74, 6) is 3.20. The fourth-order valence-corrected chi connectivity index (χ4v) is 3.29. The van der Waals surface area contributed by atoms with Crippen LogP contribution < -0.4 is 15.8 Å². The van der Waals surface area contributed by atoms with Gasteiger partial charge in [-0.05, 0) is 43.4 Å². The summed E-state index contributed by atoms with van der Waals surface area (Å²) in [7, 11) is 0. The first-order chi connectivity index (χ1) is 13.2. The Labute approximate surface area is 163 Å². The molecule has 1 aromatic heterocycles. The molecule has 1 atom stereocenters. The number of para-hydroxylation sites is 2. The Morgan fingerprint density at radius 2 is 1.70 bits per heavy atom. The normalized spacial score (nSPS) is 11.7. The molecule has 0 saturated heterocycles. The molecule has 0 saturated carbocycles. The van der Waals surface area contributed by atoms with Gasteiger partial charge in [0.1, 0.15) is 11.6 Å². The molecule has 0 spiro atoms. The molecule has 0 unspecified atom stereocenters. The van der Waals surface area contributed by atoms with Crippen LogP contribution in [0.4, 0.5) is 17.6 Å². The Kier molecular flexibility index (Phi) is 6.87. The van der Waals surface area contributed by atoms with E-state index in [4.69, 9.17) is 10.5 Å². The highest BCUT2D eigenvalue weighted by atomic mass is 32.2. The maximum atomic E-state index is 5.86. The van der Waals surface area contributed by atoms with Crippen LogP contribution in [0.3, 0.4) is 0 Å². The lowest BCUT2D eigenvalue weighted by Gasteiger charge is -2.12. The van der Waals surface area contributed by atoms with Crippen molar-refractivity contribution < 1.29 is 4.74 Å². The summed E-state index contributed by atoms with van der Waals surface area (Å²) in [4.78, 5) is 13.0. The van der Waals surface area contributed by atoms with E-state index in [0.717, 1.165) is 23.6 Å². The number of nitrogens with two attached hydrogens (primary N) is 1. The first-order valence-corrected chi connectivity index (χ1v) is 9.88. The zero-order chi connectivity index (χ0) is 18.9. The number of thioether (sulfide) groups is 1. The zero-order valence-electron chi connectivity index (χ0n) is 15.2. The molecule has 6 nitrogen and oxygen atoms in total. The molecule has 7 heteroatoms. The molecule has 0 aliphatic rings. The topological polar surface area (TPSA) is 86.0 Å². The molecule has 0 fully saturated rings. The minimum absolute atomic E-state index is 0.114. The van der Waals surface area contributed by atoms with Crippen molar-refractivity contribution in [3.8, 4) is 5.75 Å². The number of ether oxygens (including phenoxy) is 1. The van der Waals surface area contributed by atoms with Crippen molar-refractivity contribution in [2.75, 3.05) is 23.4 Å². The Hall–Kier alpha value is -2.80. The van der Waals surface area contributed by atoms with Crippen LogP contribution in [0.1, 0.15) is 24.4 Å². The largest absolute Gasteiger partial charge is 0.494 e. The van der Waals surface area contributed by atoms with Crippen LogP contribution >= 0.6 is 11.8 Å². The summed E-state index contributed by atoms with van der Waals surface area (Å²) >= 11 is 1.77. The summed E-state index contributed by atoms with van der Waals surface area (Å²) in [6, 6.07) is 19.6. The van der Waals surface area contributed by atoms with Gasteiger partial charge in [-0.15, -0.1) is 0 Å². The molecule has 0 radical (unpaired) electrons. The number of nitrogens with one attached hydrogen (secondary N) is 1. The molecular formula is C20H23N5OS. The highest BCUT2D eigenvalue weighted by Gasteiger charge is 2.13. The molecular weight excluding hydrogens is 358 g/mol. The quantitative estimate of drug-likeness (QED) is 0.529. The van der Waals surface area contributed by atoms with Gasteiger partial charge in [-0.2, -0.15) is 26.7 Å². The molecule has 1 heterocycles. The fourth-order valence-electron chi connectivity index (χ4n) is 2.40. The first kappa shape index (κ1) is 19.0. The number of anilines is 3. The van der Waals surface area contributed by atoms with Crippen LogP contribution in [0.5, 0.6) is 5.75 Å². The summed E-state index contributed by atoms with van der Waals surface area (Å²) < 4.78 is 5.71. The Bertz CT molecular complexity index is 832. The predicted molar refractivity (Wildman–Crippen MR) is 111 cm³/mol. The van der Waals surface area contributed by atoms with Crippen molar-refractivity contribution in [3.63, 3.8) is 0 Å². The fraction of sp³-hybridized carbons (Fsp3) is 0.250. The molecule has 0 bridgehead atoms. The van der Waals surface area contributed by atoms with Gasteiger partial charge in [0, 0.05) is 5.69 Å². The molecule has 0 aliphatic carbocycles. The van der Waals surface area contributed by atoms with E-state index < -0.39 is 0 Å². The van der Waals surface area contributed by atoms with Crippen molar-refractivity contribution in [1.82, 2.24) is 15.0 Å². The average Bonchev–Trinajstić information content (AvgIpc) is 2.69. The lowest BCUT2D eigenvalue weighted by atomic mass is 10.3. The van der Waals surface area contributed by atoms with E-state index in [9.17, 15) is 0 Å². The number of benzene rings is 2. The molecule has 0 amide bonds.